The zero-order valence-electron chi connectivity index (χ0n) is 20.7. The standard InChI is InChI=1S/C26H29ClN2O6/c1-14-10-18-16(13-17(14)27)23(30)21-22(15-11-19(32-4)24(34-6)20(12-15)33-5)29(9-7-8-28(2)3)26(31)25(21)35-18/h10-13,22H,7-9H2,1-6H3. The van der Waals surface area contributed by atoms with E-state index in [-0.39, 0.29) is 22.7 Å². The van der Waals surface area contributed by atoms with Gasteiger partial charge in [-0.3, -0.25) is 9.59 Å². The van der Waals surface area contributed by atoms with Gasteiger partial charge in [-0.05, 0) is 69.4 Å². The van der Waals surface area contributed by atoms with E-state index in [2.05, 4.69) is 0 Å². The molecule has 35 heavy (non-hydrogen) atoms. The fourth-order valence-corrected chi connectivity index (χ4v) is 4.70. The summed E-state index contributed by atoms with van der Waals surface area (Å²) in [5, 5.41) is 0.793. The lowest BCUT2D eigenvalue weighted by Gasteiger charge is -2.27. The van der Waals surface area contributed by atoms with Crippen LogP contribution in [0.5, 0.6) is 17.2 Å². The molecule has 0 aliphatic carbocycles. The number of hydrogen-bond donors (Lipinski definition) is 0. The summed E-state index contributed by atoms with van der Waals surface area (Å²) in [5.74, 6) is 1.01. The van der Waals surface area contributed by atoms with Crippen LogP contribution >= 0.6 is 11.6 Å². The van der Waals surface area contributed by atoms with Crippen LogP contribution in [0.4, 0.5) is 0 Å². The average molecular weight is 501 g/mol. The zero-order chi connectivity index (χ0) is 25.4. The van der Waals surface area contributed by atoms with Crippen LogP contribution in [0.1, 0.15) is 39.7 Å². The summed E-state index contributed by atoms with van der Waals surface area (Å²) in [6, 6.07) is 6.13. The highest BCUT2D eigenvalue weighted by Crippen LogP contribution is 2.45. The molecule has 1 amide bonds. The number of nitrogens with zero attached hydrogens (tertiary/aromatic N) is 2. The molecule has 186 valence electrons. The molecule has 0 bridgehead atoms. The summed E-state index contributed by atoms with van der Waals surface area (Å²) < 4.78 is 22.6. The van der Waals surface area contributed by atoms with E-state index in [4.69, 9.17) is 30.2 Å². The molecule has 0 radical (unpaired) electrons. The van der Waals surface area contributed by atoms with Gasteiger partial charge in [0.15, 0.2) is 16.9 Å². The van der Waals surface area contributed by atoms with Gasteiger partial charge in [-0.2, -0.15) is 0 Å². The van der Waals surface area contributed by atoms with Gasteiger partial charge >= 0.3 is 0 Å². The van der Waals surface area contributed by atoms with Gasteiger partial charge < -0.3 is 28.4 Å². The summed E-state index contributed by atoms with van der Waals surface area (Å²) >= 11 is 6.32. The number of carbonyl (C=O) groups is 1. The third kappa shape index (κ3) is 4.32. The second kappa shape index (κ2) is 9.79. The molecule has 0 N–H and O–H groups in total. The minimum Gasteiger partial charge on any atom is -0.493 e. The highest BCUT2D eigenvalue weighted by atomic mass is 35.5. The van der Waals surface area contributed by atoms with Crippen LogP contribution in [0, 0.1) is 6.92 Å². The van der Waals surface area contributed by atoms with Crippen molar-refractivity contribution in [3.05, 3.63) is 62.0 Å². The minimum absolute atomic E-state index is 0.0489. The molecule has 0 spiro atoms. The van der Waals surface area contributed by atoms with Crippen molar-refractivity contribution < 1.29 is 23.4 Å². The van der Waals surface area contributed by atoms with Crippen LogP contribution in [-0.4, -0.2) is 64.2 Å². The van der Waals surface area contributed by atoms with E-state index >= 15 is 0 Å². The zero-order valence-corrected chi connectivity index (χ0v) is 21.5. The van der Waals surface area contributed by atoms with Gasteiger partial charge in [-0.15, -0.1) is 0 Å². The van der Waals surface area contributed by atoms with E-state index in [1.807, 2.05) is 25.9 Å². The minimum atomic E-state index is -0.686. The SMILES string of the molecule is COc1cc(C2c3c(oc4cc(C)c(Cl)cc4c3=O)C(=O)N2CCCN(C)C)cc(OC)c1OC. The summed E-state index contributed by atoms with van der Waals surface area (Å²) in [4.78, 5) is 31.1. The topological polar surface area (TPSA) is 81.5 Å². The maximum absolute atomic E-state index is 13.8. The summed E-state index contributed by atoms with van der Waals surface area (Å²) in [7, 11) is 8.52. The smallest absolute Gasteiger partial charge is 0.290 e. The van der Waals surface area contributed by atoms with Gasteiger partial charge in [0.25, 0.3) is 5.91 Å². The Balaban J connectivity index is 1.96. The normalized spacial score (nSPS) is 15.1. The van der Waals surface area contributed by atoms with Crippen molar-refractivity contribution in [2.24, 2.45) is 0 Å². The predicted molar refractivity (Wildman–Crippen MR) is 134 cm³/mol. The van der Waals surface area contributed by atoms with Crippen molar-refractivity contribution in [1.82, 2.24) is 9.80 Å². The molecular weight excluding hydrogens is 472 g/mol. The molecule has 4 rings (SSSR count). The van der Waals surface area contributed by atoms with Crippen LogP contribution in [0.2, 0.25) is 5.02 Å². The molecule has 1 aromatic heterocycles. The summed E-state index contributed by atoms with van der Waals surface area (Å²) in [6.45, 7) is 3.03. The van der Waals surface area contributed by atoms with E-state index in [0.717, 1.165) is 12.1 Å². The molecule has 9 heteroatoms. The Bertz CT molecular complexity index is 1320. The second-order valence-electron chi connectivity index (χ2n) is 8.79. The first-order valence-electron chi connectivity index (χ1n) is 11.2. The van der Waals surface area contributed by atoms with Crippen LogP contribution in [0.15, 0.2) is 33.5 Å². The molecule has 1 atom stereocenters. The molecule has 1 aliphatic rings. The number of rotatable bonds is 8. The average Bonchev–Trinajstić information content (AvgIpc) is 3.11. The van der Waals surface area contributed by atoms with E-state index in [1.54, 1.807) is 29.2 Å². The Kier molecular flexibility index (Phi) is 6.96. The molecular formula is C26H29ClN2O6. The highest BCUT2D eigenvalue weighted by molar-refractivity contribution is 6.32. The predicted octanol–water partition coefficient (Wildman–Crippen LogP) is 4.28. The molecule has 1 unspecified atom stereocenters. The van der Waals surface area contributed by atoms with Crippen molar-refractivity contribution in [1.29, 1.82) is 0 Å². The number of hydrogen-bond acceptors (Lipinski definition) is 7. The lowest BCUT2D eigenvalue weighted by atomic mass is 9.97. The van der Waals surface area contributed by atoms with Crippen molar-refractivity contribution in [3.63, 3.8) is 0 Å². The number of fused-ring (bicyclic) bond motifs is 2. The van der Waals surface area contributed by atoms with Crippen LogP contribution in [-0.2, 0) is 0 Å². The van der Waals surface area contributed by atoms with Crippen molar-refractivity contribution in [2.75, 3.05) is 48.5 Å². The third-order valence-electron chi connectivity index (χ3n) is 6.25. The van der Waals surface area contributed by atoms with E-state index in [0.29, 0.717) is 51.8 Å². The van der Waals surface area contributed by atoms with Gasteiger partial charge in [0.2, 0.25) is 11.5 Å². The van der Waals surface area contributed by atoms with Gasteiger partial charge in [0.05, 0.1) is 38.3 Å². The Morgan fingerprint density at radius 3 is 2.26 bits per heavy atom. The number of benzene rings is 2. The summed E-state index contributed by atoms with van der Waals surface area (Å²) in [6.07, 6.45) is 0.715. The van der Waals surface area contributed by atoms with E-state index in [9.17, 15) is 9.59 Å². The van der Waals surface area contributed by atoms with Crippen molar-refractivity contribution >= 4 is 28.5 Å². The maximum atomic E-state index is 13.8. The molecule has 0 fully saturated rings. The van der Waals surface area contributed by atoms with Crippen molar-refractivity contribution in [3.8, 4) is 17.2 Å². The fourth-order valence-electron chi connectivity index (χ4n) is 4.53. The van der Waals surface area contributed by atoms with Crippen LogP contribution in [0.25, 0.3) is 11.0 Å². The lowest BCUT2D eigenvalue weighted by Crippen LogP contribution is -2.32. The highest BCUT2D eigenvalue weighted by Gasteiger charge is 2.43. The summed E-state index contributed by atoms with van der Waals surface area (Å²) in [5.41, 5.74) is 1.74. The van der Waals surface area contributed by atoms with Crippen LogP contribution < -0.4 is 19.6 Å². The Labute approximate surface area is 208 Å². The quantitative estimate of drug-likeness (QED) is 0.456. The Morgan fingerprint density at radius 2 is 1.69 bits per heavy atom. The second-order valence-corrected chi connectivity index (χ2v) is 9.20. The number of aryl methyl sites for hydroxylation is 1. The Hall–Kier alpha value is -3.23. The first kappa shape index (κ1) is 24.9. The molecule has 2 aromatic carbocycles. The lowest BCUT2D eigenvalue weighted by molar-refractivity contribution is 0.0721. The molecule has 3 aromatic rings. The molecule has 1 aliphatic heterocycles. The third-order valence-corrected chi connectivity index (χ3v) is 6.66. The number of amides is 1. The number of methoxy groups -OCH3 is 3. The first-order chi connectivity index (χ1) is 16.7. The Morgan fingerprint density at radius 1 is 1.03 bits per heavy atom. The molecule has 8 nitrogen and oxygen atoms in total. The number of halogens is 1. The van der Waals surface area contributed by atoms with Gasteiger partial charge in [0.1, 0.15) is 5.58 Å². The first-order valence-corrected chi connectivity index (χ1v) is 11.6. The fraction of sp³-hybridized carbons (Fsp3) is 0.385. The molecule has 2 heterocycles. The van der Waals surface area contributed by atoms with Crippen LogP contribution in [0.3, 0.4) is 0 Å². The van der Waals surface area contributed by atoms with E-state index in [1.165, 1.54) is 21.3 Å². The van der Waals surface area contributed by atoms with Gasteiger partial charge in [-0.1, -0.05) is 11.6 Å². The molecule has 0 saturated heterocycles. The van der Waals surface area contributed by atoms with Gasteiger partial charge in [-0.25, -0.2) is 0 Å². The maximum Gasteiger partial charge on any atom is 0.290 e. The van der Waals surface area contributed by atoms with Crippen molar-refractivity contribution in [2.45, 2.75) is 19.4 Å². The number of ether oxygens (including phenoxy) is 3. The molecule has 0 saturated carbocycles. The monoisotopic (exact) mass is 500 g/mol. The van der Waals surface area contributed by atoms with E-state index < -0.39 is 6.04 Å². The number of carbonyl (C=O) groups excluding carboxylic acids is 1. The van der Waals surface area contributed by atoms with Gasteiger partial charge in [0, 0.05) is 11.6 Å². The largest absolute Gasteiger partial charge is 0.493 e.